The Morgan fingerprint density at radius 2 is 1.97 bits per heavy atom. The average molecular weight is 413 g/mol. The van der Waals surface area contributed by atoms with Crippen LogP contribution in [0.5, 0.6) is 11.8 Å². The zero-order valence-electron chi connectivity index (χ0n) is 16.1. The monoisotopic (exact) mass is 413 g/mol. The Morgan fingerprint density at radius 3 is 2.66 bits per heavy atom. The van der Waals surface area contributed by atoms with E-state index in [9.17, 15) is 10.1 Å². The van der Waals surface area contributed by atoms with E-state index in [0.29, 0.717) is 24.2 Å². The van der Waals surface area contributed by atoms with Crippen molar-refractivity contribution in [2.75, 3.05) is 19.5 Å². The fourth-order valence-electron chi connectivity index (χ4n) is 3.38. The van der Waals surface area contributed by atoms with Gasteiger partial charge in [-0.3, -0.25) is 15.2 Å². The molecule has 4 rings (SSSR count). The van der Waals surface area contributed by atoms with E-state index in [4.69, 9.17) is 9.47 Å². The van der Waals surface area contributed by atoms with E-state index in [0.717, 1.165) is 33.2 Å². The number of nitrogens with zero attached hydrogens (tertiary/aromatic N) is 4. The molecule has 1 N–H and O–H groups in total. The molecule has 0 fully saturated rings. The molecule has 10 heteroatoms. The lowest BCUT2D eigenvalue weighted by molar-refractivity contribution is -0.384. The molecule has 0 saturated heterocycles. The second-order valence-corrected chi connectivity index (χ2v) is 7.67. The van der Waals surface area contributed by atoms with Gasteiger partial charge in [0.1, 0.15) is 10.9 Å². The summed E-state index contributed by atoms with van der Waals surface area (Å²) in [5, 5.41) is 19.1. The zero-order valence-corrected chi connectivity index (χ0v) is 16.9. The normalized spacial score (nSPS) is 14.8. The number of aryl methyl sites for hydroxylation is 2. The molecule has 1 aromatic carbocycles. The molecule has 1 unspecified atom stereocenters. The van der Waals surface area contributed by atoms with Gasteiger partial charge in [0.05, 0.1) is 17.1 Å². The predicted octanol–water partition coefficient (Wildman–Crippen LogP) is 3.75. The first-order valence-electron chi connectivity index (χ1n) is 8.97. The number of hydrogen-bond acceptors (Lipinski definition) is 8. The van der Waals surface area contributed by atoms with Gasteiger partial charge in [0, 0.05) is 42.2 Å². The van der Waals surface area contributed by atoms with Gasteiger partial charge in [-0.2, -0.15) is 4.98 Å². The number of fused-ring (bicyclic) bond motifs is 2. The summed E-state index contributed by atoms with van der Waals surface area (Å²) < 4.78 is 11.2. The van der Waals surface area contributed by atoms with Crippen molar-refractivity contribution in [3.05, 3.63) is 62.6 Å². The molecule has 0 amide bonds. The molecule has 0 spiro atoms. The molecule has 0 bridgehead atoms. The Balaban J connectivity index is 1.88. The van der Waals surface area contributed by atoms with Gasteiger partial charge in [0.25, 0.3) is 5.69 Å². The number of rotatable bonds is 6. The zero-order chi connectivity index (χ0) is 20.5. The Bertz CT molecular complexity index is 1070. The first kappa shape index (κ1) is 19.3. The lowest BCUT2D eigenvalue weighted by Crippen LogP contribution is -2.16. The maximum atomic E-state index is 11.1. The summed E-state index contributed by atoms with van der Waals surface area (Å²) in [6.07, 6.45) is 0. The summed E-state index contributed by atoms with van der Waals surface area (Å²) in [4.78, 5) is 19.8. The third kappa shape index (κ3) is 3.56. The van der Waals surface area contributed by atoms with E-state index < -0.39 is 4.92 Å². The van der Waals surface area contributed by atoms with Crippen LogP contribution < -0.4 is 4.74 Å². The van der Waals surface area contributed by atoms with Gasteiger partial charge in [-0.15, -0.1) is 16.9 Å². The van der Waals surface area contributed by atoms with Crippen molar-refractivity contribution >= 4 is 17.4 Å². The SMILES string of the molecule is COCCSc1nc(C)nc2c1C(c1ccc([N+](=O)[O-])cc1)c1c(n[nH]c1C)O2. The Hall–Kier alpha value is -2.98. The average Bonchev–Trinajstić information content (AvgIpc) is 3.07. The van der Waals surface area contributed by atoms with Crippen LogP contribution in [0.25, 0.3) is 0 Å². The number of benzene rings is 1. The van der Waals surface area contributed by atoms with Crippen molar-refractivity contribution in [3.8, 4) is 11.8 Å². The number of nitrogens with one attached hydrogen (secondary N) is 1. The van der Waals surface area contributed by atoms with E-state index in [1.165, 1.54) is 12.1 Å². The summed E-state index contributed by atoms with van der Waals surface area (Å²) >= 11 is 1.57. The van der Waals surface area contributed by atoms with Crippen LogP contribution in [0.15, 0.2) is 29.3 Å². The molecule has 150 valence electrons. The van der Waals surface area contributed by atoms with Crippen LogP contribution >= 0.6 is 11.8 Å². The van der Waals surface area contributed by atoms with E-state index >= 15 is 0 Å². The highest BCUT2D eigenvalue weighted by atomic mass is 32.2. The van der Waals surface area contributed by atoms with Crippen molar-refractivity contribution < 1.29 is 14.4 Å². The predicted molar refractivity (Wildman–Crippen MR) is 107 cm³/mol. The maximum absolute atomic E-state index is 11.1. The molecule has 1 atom stereocenters. The number of methoxy groups -OCH3 is 1. The van der Waals surface area contributed by atoms with Gasteiger partial charge >= 0.3 is 0 Å². The summed E-state index contributed by atoms with van der Waals surface area (Å²) in [5.41, 5.74) is 3.50. The van der Waals surface area contributed by atoms with Crippen LogP contribution in [-0.4, -0.2) is 44.6 Å². The number of ether oxygens (including phenoxy) is 2. The van der Waals surface area contributed by atoms with Crippen LogP contribution in [0.2, 0.25) is 0 Å². The molecular formula is C19H19N5O4S. The third-order valence-corrected chi connectivity index (χ3v) is 5.64. The molecule has 3 aromatic rings. The quantitative estimate of drug-likeness (QED) is 0.167. The number of non-ortho nitro benzene ring substituents is 1. The fraction of sp³-hybridized carbons (Fsp3) is 0.316. The lowest BCUT2D eigenvalue weighted by Gasteiger charge is -2.27. The van der Waals surface area contributed by atoms with Crippen LogP contribution in [0.1, 0.15) is 34.1 Å². The summed E-state index contributed by atoms with van der Waals surface area (Å²) in [7, 11) is 1.66. The molecular weight excluding hydrogens is 394 g/mol. The van der Waals surface area contributed by atoms with Crippen LogP contribution in [0.3, 0.4) is 0 Å². The Labute approximate surface area is 171 Å². The summed E-state index contributed by atoms with van der Waals surface area (Å²) in [6.45, 7) is 4.32. The van der Waals surface area contributed by atoms with E-state index in [2.05, 4.69) is 20.2 Å². The van der Waals surface area contributed by atoms with E-state index in [-0.39, 0.29) is 11.6 Å². The van der Waals surface area contributed by atoms with Crippen molar-refractivity contribution in [2.45, 2.75) is 24.8 Å². The third-order valence-electron chi connectivity index (χ3n) is 4.68. The molecule has 29 heavy (non-hydrogen) atoms. The molecule has 1 aliphatic heterocycles. The summed E-state index contributed by atoms with van der Waals surface area (Å²) in [5.74, 6) is 1.99. The standard InChI is InChI=1S/C19H19N5O4S/c1-10-14-15(12-4-6-13(7-5-12)24(25)26)16-17(28-18(14)23-22-10)20-11(2)21-19(16)29-9-8-27-3/h4-7,15H,8-9H2,1-3H3,(H,22,23). The highest BCUT2D eigenvalue weighted by Gasteiger charge is 2.36. The van der Waals surface area contributed by atoms with E-state index in [1.807, 2.05) is 13.8 Å². The van der Waals surface area contributed by atoms with Gasteiger partial charge in [-0.25, -0.2) is 4.98 Å². The maximum Gasteiger partial charge on any atom is 0.269 e. The molecule has 1 aliphatic rings. The van der Waals surface area contributed by atoms with Gasteiger partial charge in [-0.1, -0.05) is 12.1 Å². The second-order valence-electron chi connectivity index (χ2n) is 6.59. The highest BCUT2D eigenvalue weighted by Crippen LogP contribution is 2.49. The number of aromatic nitrogens is 4. The Morgan fingerprint density at radius 1 is 1.21 bits per heavy atom. The van der Waals surface area contributed by atoms with Crippen molar-refractivity contribution in [2.24, 2.45) is 0 Å². The van der Waals surface area contributed by atoms with Gasteiger partial charge in [0.15, 0.2) is 0 Å². The fourth-order valence-corrected chi connectivity index (χ4v) is 4.38. The number of nitro benzene ring substituents is 1. The minimum Gasteiger partial charge on any atom is -0.418 e. The van der Waals surface area contributed by atoms with Crippen molar-refractivity contribution in [1.82, 2.24) is 20.2 Å². The largest absolute Gasteiger partial charge is 0.418 e. The first-order valence-corrected chi connectivity index (χ1v) is 9.95. The lowest BCUT2D eigenvalue weighted by atomic mass is 9.85. The van der Waals surface area contributed by atoms with Crippen LogP contribution in [0.4, 0.5) is 5.69 Å². The van der Waals surface area contributed by atoms with Crippen molar-refractivity contribution in [3.63, 3.8) is 0 Å². The van der Waals surface area contributed by atoms with Crippen LogP contribution in [0, 0.1) is 24.0 Å². The smallest absolute Gasteiger partial charge is 0.269 e. The second kappa shape index (κ2) is 7.80. The Kier molecular flexibility index (Phi) is 5.20. The number of nitro groups is 1. The van der Waals surface area contributed by atoms with Gasteiger partial charge < -0.3 is 9.47 Å². The number of H-pyrrole nitrogens is 1. The van der Waals surface area contributed by atoms with Crippen molar-refractivity contribution in [1.29, 1.82) is 0 Å². The molecule has 0 radical (unpaired) electrons. The molecule has 0 saturated carbocycles. The van der Waals surface area contributed by atoms with Gasteiger partial charge in [-0.05, 0) is 19.4 Å². The molecule has 3 heterocycles. The molecule has 0 aliphatic carbocycles. The number of thioether (sulfide) groups is 1. The van der Waals surface area contributed by atoms with Gasteiger partial charge in [0.2, 0.25) is 11.8 Å². The number of aromatic amines is 1. The highest BCUT2D eigenvalue weighted by molar-refractivity contribution is 7.99. The summed E-state index contributed by atoms with van der Waals surface area (Å²) in [6, 6.07) is 6.54. The van der Waals surface area contributed by atoms with Crippen LogP contribution in [-0.2, 0) is 4.74 Å². The van der Waals surface area contributed by atoms with E-state index in [1.54, 1.807) is 31.0 Å². The number of hydrogen-bond donors (Lipinski definition) is 1. The molecule has 2 aromatic heterocycles. The topological polar surface area (TPSA) is 116 Å². The molecule has 9 nitrogen and oxygen atoms in total. The minimum absolute atomic E-state index is 0.0417. The first-order chi connectivity index (χ1) is 14.0. The minimum atomic E-state index is -0.408.